The highest BCUT2D eigenvalue weighted by atomic mass is 19.4. The first-order chi connectivity index (χ1) is 15.6. The Bertz CT molecular complexity index is 700. The van der Waals surface area contributed by atoms with Crippen LogP contribution in [0, 0.1) is 34.5 Å². The summed E-state index contributed by atoms with van der Waals surface area (Å²) >= 11 is 0. The van der Waals surface area contributed by atoms with Crippen LogP contribution < -0.4 is 0 Å². The van der Waals surface area contributed by atoms with Gasteiger partial charge in [-0.2, -0.15) is 70.2 Å². The molecule has 0 aromatic rings. The summed E-state index contributed by atoms with van der Waals surface area (Å²) in [7, 11) is 0. The van der Waals surface area contributed by atoms with Crippen LogP contribution in [0.4, 0.5) is 70.2 Å². The molecule has 0 nitrogen and oxygen atoms in total. The van der Waals surface area contributed by atoms with Crippen LogP contribution in [0.3, 0.4) is 0 Å². The molecule has 5 unspecified atom stereocenters. The van der Waals surface area contributed by atoms with Crippen LogP contribution in [0.25, 0.3) is 0 Å². The molecule has 216 valence electrons. The van der Waals surface area contributed by atoms with Crippen LogP contribution >= 0.6 is 0 Å². The van der Waals surface area contributed by atoms with Crippen LogP contribution in [-0.2, 0) is 0 Å². The predicted molar refractivity (Wildman–Crippen MR) is 94.1 cm³/mol. The Morgan fingerprint density at radius 1 is 0.528 bits per heavy atom. The fourth-order valence-corrected chi connectivity index (χ4v) is 5.02. The van der Waals surface area contributed by atoms with Crippen molar-refractivity contribution >= 4 is 0 Å². The Labute approximate surface area is 195 Å². The van der Waals surface area contributed by atoms with Crippen molar-refractivity contribution in [1.29, 1.82) is 0 Å². The second-order valence-electron chi connectivity index (χ2n) is 9.79. The Morgan fingerprint density at radius 2 is 0.806 bits per heavy atom. The zero-order valence-electron chi connectivity index (χ0n) is 19.2. The number of halogens is 16. The number of alkyl halides is 16. The first-order valence-corrected chi connectivity index (χ1v) is 10.6. The average Bonchev–Trinajstić information content (AvgIpc) is 2.67. The SMILES string of the molecule is CCC(C)C1CC(C(C)(C(F)(F)F)C(F)(F)C(F)(F)F)CC(C(C)(C(F)(F)F)C(F)(F)C(F)(F)F)C1. The van der Waals surface area contributed by atoms with Gasteiger partial charge in [-0.05, 0) is 56.8 Å². The fourth-order valence-electron chi connectivity index (χ4n) is 5.02. The molecule has 1 aliphatic rings. The van der Waals surface area contributed by atoms with E-state index in [1.165, 1.54) is 13.8 Å². The van der Waals surface area contributed by atoms with E-state index in [0.29, 0.717) is 0 Å². The highest BCUT2D eigenvalue weighted by Gasteiger charge is 2.82. The molecule has 0 aliphatic heterocycles. The van der Waals surface area contributed by atoms with Crippen molar-refractivity contribution in [2.45, 2.75) is 89.9 Å². The topological polar surface area (TPSA) is 0 Å². The van der Waals surface area contributed by atoms with Crippen LogP contribution in [0.2, 0.25) is 0 Å². The Morgan fingerprint density at radius 3 is 1.00 bits per heavy atom. The van der Waals surface area contributed by atoms with Crippen molar-refractivity contribution < 1.29 is 70.2 Å². The zero-order chi connectivity index (χ0) is 29.1. The number of hydrogen-bond donors (Lipinski definition) is 0. The molecule has 36 heavy (non-hydrogen) atoms. The molecule has 1 fully saturated rings. The van der Waals surface area contributed by atoms with E-state index in [1.807, 2.05) is 0 Å². The summed E-state index contributed by atoms with van der Waals surface area (Å²) in [5.41, 5.74) is -10.2. The largest absolute Gasteiger partial charge is 0.454 e. The molecule has 1 rings (SSSR count). The van der Waals surface area contributed by atoms with Gasteiger partial charge in [0.25, 0.3) is 0 Å². The van der Waals surface area contributed by atoms with E-state index in [2.05, 4.69) is 0 Å². The Hall–Kier alpha value is -1.12. The van der Waals surface area contributed by atoms with Gasteiger partial charge in [-0.1, -0.05) is 20.3 Å². The minimum atomic E-state index is -6.86. The summed E-state index contributed by atoms with van der Waals surface area (Å²) < 4.78 is 219. The highest BCUT2D eigenvalue weighted by molar-refractivity contribution is 5.10. The average molecular weight is 568 g/mol. The lowest BCUT2D eigenvalue weighted by Gasteiger charge is -2.53. The van der Waals surface area contributed by atoms with Crippen molar-refractivity contribution in [3.63, 3.8) is 0 Å². The van der Waals surface area contributed by atoms with E-state index in [1.54, 1.807) is 0 Å². The summed E-state index contributed by atoms with van der Waals surface area (Å²) in [6.07, 6.45) is -31.1. The molecule has 0 amide bonds. The van der Waals surface area contributed by atoms with Crippen LogP contribution in [0.15, 0.2) is 0 Å². The van der Waals surface area contributed by atoms with Gasteiger partial charge in [-0.3, -0.25) is 0 Å². The van der Waals surface area contributed by atoms with Crippen molar-refractivity contribution in [3.8, 4) is 0 Å². The first kappa shape index (κ1) is 32.9. The number of hydrogen-bond acceptors (Lipinski definition) is 0. The summed E-state index contributed by atoms with van der Waals surface area (Å²) in [5.74, 6) is -21.9. The lowest BCUT2D eigenvalue weighted by atomic mass is 9.54. The van der Waals surface area contributed by atoms with E-state index in [9.17, 15) is 70.2 Å². The van der Waals surface area contributed by atoms with Crippen molar-refractivity contribution in [3.05, 3.63) is 0 Å². The molecular weight excluding hydrogens is 544 g/mol. The molecular formula is C20H24F16. The maximum absolute atomic E-state index is 14.4. The van der Waals surface area contributed by atoms with E-state index < -0.39 is 104 Å². The Kier molecular flexibility index (Phi) is 8.47. The maximum atomic E-state index is 14.4. The van der Waals surface area contributed by atoms with E-state index in [4.69, 9.17) is 0 Å². The quantitative estimate of drug-likeness (QED) is 0.280. The second-order valence-corrected chi connectivity index (χ2v) is 9.79. The van der Waals surface area contributed by atoms with Crippen molar-refractivity contribution in [1.82, 2.24) is 0 Å². The smallest absolute Gasteiger partial charge is 0.195 e. The third kappa shape index (κ3) is 4.86. The zero-order valence-corrected chi connectivity index (χ0v) is 19.2. The van der Waals surface area contributed by atoms with Gasteiger partial charge in [0.05, 0.1) is 0 Å². The summed E-state index contributed by atoms with van der Waals surface area (Å²) in [6.45, 7) is 1.32. The molecule has 0 aromatic carbocycles. The van der Waals surface area contributed by atoms with E-state index >= 15 is 0 Å². The summed E-state index contributed by atoms with van der Waals surface area (Å²) in [6, 6.07) is 0. The van der Waals surface area contributed by atoms with E-state index in [0.717, 1.165) is 0 Å². The predicted octanol–water partition coefficient (Wildman–Crippen LogP) is 9.60. The molecule has 0 spiro atoms. The van der Waals surface area contributed by atoms with Crippen LogP contribution in [0.1, 0.15) is 53.4 Å². The molecule has 16 heteroatoms. The van der Waals surface area contributed by atoms with Crippen LogP contribution in [-0.4, -0.2) is 36.6 Å². The van der Waals surface area contributed by atoms with Gasteiger partial charge < -0.3 is 0 Å². The third-order valence-corrected chi connectivity index (χ3v) is 8.02. The van der Waals surface area contributed by atoms with Gasteiger partial charge in [0.15, 0.2) is 0 Å². The summed E-state index contributed by atoms with van der Waals surface area (Å²) in [5, 5.41) is 0. The molecule has 1 saturated carbocycles. The number of rotatable bonds is 6. The lowest BCUT2D eigenvalue weighted by Crippen LogP contribution is -2.65. The molecule has 0 heterocycles. The molecule has 0 radical (unpaired) electrons. The lowest BCUT2D eigenvalue weighted by molar-refractivity contribution is -0.407. The van der Waals surface area contributed by atoms with Crippen molar-refractivity contribution in [2.24, 2.45) is 34.5 Å². The van der Waals surface area contributed by atoms with Gasteiger partial charge in [0.2, 0.25) is 0 Å². The molecule has 0 bridgehead atoms. The van der Waals surface area contributed by atoms with Gasteiger partial charge in [0.1, 0.15) is 10.8 Å². The van der Waals surface area contributed by atoms with Gasteiger partial charge in [-0.15, -0.1) is 0 Å². The van der Waals surface area contributed by atoms with Gasteiger partial charge in [-0.25, -0.2) is 0 Å². The minimum Gasteiger partial charge on any atom is -0.195 e. The Balaban J connectivity index is 3.96. The molecule has 0 saturated heterocycles. The molecule has 0 aromatic heterocycles. The summed E-state index contributed by atoms with van der Waals surface area (Å²) in [4.78, 5) is 0. The monoisotopic (exact) mass is 568 g/mol. The van der Waals surface area contributed by atoms with Crippen LogP contribution in [0.5, 0.6) is 0 Å². The molecule has 0 N–H and O–H groups in total. The normalized spacial score (nSPS) is 27.8. The van der Waals surface area contributed by atoms with Gasteiger partial charge in [0, 0.05) is 0 Å². The molecule has 1 aliphatic carbocycles. The van der Waals surface area contributed by atoms with Gasteiger partial charge >= 0.3 is 36.6 Å². The van der Waals surface area contributed by atoms with Crippen molar-refractivity contribution in [2.75, 3.05) is 0 Å². The standard InChI is InChI=1S/C20H24F16/c1-5-9(2)10-6-11(13(3,17(25,26)27)15(21,22)19(31,32)33)8-12(7-10)14(4,18(28,29)30)16(23,24)20(34,35)36/h9-12H,5-8H2,1-4H3. The second kappa shape index (κ2) is 9.26. The van der Waals surface area contributed by atoms with E-state index in [-0.39, 0.29) is 6.42 Å². The highest BCUT2D eigenvalue weighted by Crippen LogP contribution is 2.68. The third-order valence-electron chi connectivity index (χ3n) is 8.02. The molecule has 5 atom stereocenters. The fraction of sp³-hybridized carbons (Fsp3) is 1.00. The first-order valence-electron chi connectivity index (χ1n) is 10.6. The minimum absolute atomic E-state index is 0.0824. The maximum Gasteiger partial charge on any atom is 0.454 e.